The number of aryl methyl sites for hydroxylation is 1. The molecule has 118 valence electrons. The largest absolute Gasteiger partial charge is 0.324 e. The summed E-state index contributed by atoms with van der Waals surface area (Å²) in [6, 6.07) is 17.2. The van der Waals surface area contributed by atoms with Gasteiger partial charge in [0.2, 0.25) is 5.95 Å². The van der Waals surface area contributed by atoms with Crippen LogP contribution in [0.25, 0.3) is 16.7 Å². The van der Waals surface area contributed by atoms with Crippen molar-refractivity contribution in [2.45, 2.75) is 6.92 Å². The Bertz CT molecular complexity index is 982. The van der Waals surface area contributed by atoms with Gasteiger partial charge in [-0.3, -0.25) is 10.1 Å². The van der Waals surface area contributed by atoms with Gasteiger partial charge in [-0.2, -0.15) is 0 Å². The lowest BCUT2D eigenvalue weighted by Gasteiger charge is -2.10. The first kappa shape index (κ1) is 14.3. The van der Waals surface area contributed by atoms with E-state index in [1.165, 1.54) is 0 Å². The molecular weight excluding hydrogens is 300 g/mol. The van der Waals surface area contributed by atoms with Gasteiger partial charge in [-0.25, -0.2) is 4.98 Å². The van der Waals surface area contributed by atoms with Crippen LogP contribution in [-0.4, -0.2) is 20.4 Å². The number of nitrogens with one attached hydrogen (secondary N) is 2. The third kappa shape index (κ3) is 2.56. The highest BCUT2D eigenvalue weighted by Gasteiger charge is 2.11. The molecule has 4 aromatic rings. The fraction of sp³-hybridized carbons (Fsp3) is 0.0526. The van der Waals surface area contributed by atoms with Crippen molar-refractivity contribution in [3.8, 4) is 5.69 Å². The van der Waals surface area contributed by atoms with Crippen molar-refractivity contribution in [2.24, 2.45) is 0 Å². The number of hydrogen-bond donors (Lipinski definition) is 2. The van der Waals surface area contributed by atoms with Gasteiger partial charge >= 0.3 is 0 Å². The number of aromatic nitrogens is 3. The summed E-state index contributed by atoms with van der Waals surface area (Å²) in [4.78, 5) is 20.0. The SMILES string of the molecule is Cc1ccc(C(=O)Nc2nc3ccccc3[nH]2)cc1-n1cccc1. The molecule has 0 spiro atoms. The molecule has 0 atom stereocenters. The Balaban J connectivity index is 1.63. The van der Waals surface area contributed by atoms with Gasteiger partial charge in [0.1, 0.15) is 0 Å². The number of H-pyrrole nitrogens is 1. The highest BCUT2D eigenvalue weighted by Crippen LogP contribution is 2.18. The lowest BCUT2D eigenvalue weighted by Crippen LogP contribution is -2.13. The van der Waals surface area contributed by atoms with Crippen LogP contribution >= 0.6 is 0 Å². The molecule has 0 unspecified atom stereocenters. The molecule has 24 heavy (non-hydrogen) atoms. The Morgan fingerprint density at radius 2 is 1.88 bits per heavy atom. The molecule has 5 heteroatoms. The van der Waals surface area contributed by atoms with Crippen molar-refractivity contribution in [1.29, 1.82) is 0 Å². The molecule has 2 aromatic heterocycles. The van der Waals surface area contributed by atoms with Gasteiger partial charge in [-0.05, 0) is 48.9 Å². The van der Waals surface area contributed by atoms with Crippen molar-refractivity contribution in [3.63, 3.8) is 0 Å². The van der Waals surface area contributed by atoms with Gasteiger partial charge in [0.05, 0.1) is 11.0 Å². The molecule has 4 rings (SSSR count). The first-order valence-electron chi connectivity index (χ1n) is 7.71. The zero-order valence-electron chi connectivity index (χ0n) is 13.2. The number of para-hydroxylation sites is 2. The van der Waals surface area contributed by atoms with Crippen molar-refractivity contribution < 1.29 is 4.79 Å². The van der Waals surface area contributed by atoms with Crippen molar-refractivity contribution in [2.75, 3.05) is 5.32 Å². The molecule has 1 amide bonds. The topological polar surface area (TPSA) is 62.7 Å². The highest BCUT2D eigenvalue weighted by molar-refractivity contribution is 6.04. The molecular formula is C19H16N4O. The lowest BCUT2D eigenvalue weighted by atomic mass is 10.1. The van der Waals surface area contributed by atoms with Crippen LogP contribution in [-0.2, 0) is 0 Å². The van der Waals surface area contributed by atoms with E-state index in [0.717, 1.165) is 22.3 Å². The monoisotopic (exact) mass is 316 g/mol. The average Bonchev–Trinajstić information content (AvgIpc) is 3.24. The summed E-state index contributed by atoms with van der Waals surface area (Å²) in [5.74, 6) is 0.256. The maximum absolute atomic E-state index is 12.5. The average molecular weight is 316 g/mol. The van der Waals surface area contributed by atoms with Gasteiger partial charge < -0.3 is 9.55 Å². The van der Waals surface area contributed by atoms with E-state index in [9.17, 15) is 4.79 Å². The van der Waals surface area contributed by atoms with Crippen LogP contribution in [0.4, 0.5) is 5.95 Å². The molecule has 2 heterocycles. The first-order valence-corrected chi connectivity index (χ1v) is 7.71. The lowest BCUT2D eigenvalue weighted by molar-refractivity contribution is 0.102. The van der Waals surface area contributed by atoms with E-state index in [0.29, 0.717) is 11.5 Å². The Morgan fingerprint density at radius 1 is 1.08 bits per heavy atom. The van der Waals surface area contributed by atoms with Crippen LogP contribution in [0.15, 0.2) is 67.0 Å². The zero-order chi connectivity index (χ0) is 16.5. The molecule has 0 radical (unpaired) electrons. The quantitative estimate of drug-likeness (QED) is 0.602. The van der Waals surface area contributed by atoms with Crippen molar-refractivity contribution in [3.05, 3.63) is 78.1 Å². The summed E-state index contributed by atoms with van der Waals surface area (Å²) in [6.07, 6.45) is 3.92. The molecule has 0 aliphatic carbocycles. The van der Waals surface area contributed by atoms with Crippen molar-refractivity contribution >= 4 is 22.9 Å². The molecule has 0 saturated carbocycles. The molecule has 2 aromatic carbocycles. The number of nitrogens with zero attached hydrogens (tertiary/aromatic N) is 2. The number of imidazole rings is 1. The molecule has 5 nitrogen and oxygen atoms in total. The molecule has 0 bridgehead atoms. The second-order valence-corrected chi connectivity index (χ2v) is 5.65. The molecule has 0 aliphatic rings. The van der Waals surface area contributed by atoms with Gasteiger partial charge in [0, 0.05) is 23.6 Å². The fourth-order valence-electron chi connectivity index (χ4n) is 2.72. The van der Waals surface area contributed by atoms with Crippen LogP contribution in [0, 0.1) is 6.92 Å². The predicted molar refractivity (Wildman–Crippen MR) is 94.6 cm³/mol. The van der Waals surface area contributed by atoms with Gasteiger partial charge in [-0.1, -0.05) is 18.2 Å². The van der Waals surface area contributed by atoms with Crippen LogP contribution in [0.5, 0.6) is 0 Å². The van der Waals surface area contributed by atoms with E-state index < -0.39 is 0 Å². The van der Waals surface area contributed by atoms with E-state index in [1.807, 2.05) is 78.5 Å². The molecule has 2 N–H and O–H groups in total. The summed E-state index contributed by atoms with van der Waals surface area (Å²) in [7, 11) is 0. The van der Waals surface area contributed by atoms with Crippen molar-refractivity contribution in [1.82, 2.24) is 14.5 Å². The van der Waals surface area contributed by atoms with E-state index in [4.69, 9.17) is 0 Å². The second kappa shape index (κ2) is 5.70. The standard InChI is InChI=1S/C19H16N4O/c1-13-8-9-14(12-17(13)23-10-4-5-11-23)18(24)22-19-20-15-6-2-3-7-16(15)21-19/h2-12H,1H3,(H2,20,21,22,24). The predicted octanol–water partition coefficient (Wildman–Crippen LogP) is 3.91. The summed E-state index contributed by atoms with van der Waals surface area (Å²) >= 11 is 0. The van der Waals surface area contributed by atoms with Crippen LogP contribution in [0.3, 0.4) is 0 Å². The number of aromatic amines is 1. The Hall–Kier alpha value is -3.34. The van der Waals surface area contributed by atoms with Gasteiger partial charge in [0.25, 0.3) is 5.91 Å². The number of hydrogen-bond acceptors (Lipinski definition) is 2. The zero-order valence-corrected chi connectivity index (χ0v) is 13.2. The molecule has 0 fully saturated rings. The van der Waals surface area contributed by atoms with Gasteiger partial charge in [-0.15, -0.1) is 0 Å². The van der Waals surface area contributed by atoms with Crippen LogP contribution in [0.2, 0.25) is 0 Å². The van der Waals surface area contributed by atoms with Gasteiger partial charge in [0.15, 0.2) is 0 Å². The smallest absolute Gasteiger partial charge is 0.258 e. The first-order chi connectivity index (χ1) is 11.7. The summed E-state index contributed by atoms with van der Waals surface area (Å²) in [6.45, 7) is 2.02. The van der Waals surface area contributed by atoms with Crippen LogP contribution in [0.1, 0.15) is 15.9 Å². The minimum absolute atomic E-state index is 0.192. The minimum Gasteiger partial charge on any atom is -0.324 e. The molecule has 0 saturated heterocycles. The number of carbonyl (C=O) groups is 1. The number of amides is 1. The number of rotatable bonds is 3. The maximum atomic E-state index is 12.5. The maximum Gasteiger partial charge on any atom is 0.258 e. The summed E-state index contributed by atoms with van der Waals surface area (Å²) < 4.78 is 1.99. The Labute approximate surface area is 139 Å². The number of benzene rings is 2. The summed E-state index contributed by atoms with van der Waals surface area (Å²) in [5.41, 5.74) is 4.39. The van der Waals surface area contributed by atoms with E-state index in [-0.39, 0.29) is 5.91 Å². The Kier molecular flexibility index (Phi) is 3.39. The Morgan fingerprint density at radius 3 is 2.67 bits per heavy atom. The number of anilines is 1. The highest BCUT2D eigenvalue weighted by atomic mass is 16.1. The minimum atomic E-state index is -0.192. The van der Waals surface area contributed by atoms with E-state index in [2.05, 4.69) is 15.3 Å². The number of carbonyl (C=O) groups excluding carboxylic acids is 1. The fourth-order valence-corrected chi connectivity index (χ4v) is 2.72. The van der Waals surface area contributed by atoms with E-state index >= 15 is 0 Å². The normalized spacial score (nSPS) is 10.9. The van der Waals surface area contributed by atoms with E-state index in [1.54, 1.807) is 0 Å². The third-order valence-electron chi connectivity index (χ3n) is 3.98. The number of fused-ring (bicyclic) bond motifs is 1. The van der Waals surface area contributed by atoms with Crippen LogP contribution < -0.4 is 5.32 Å². The summed E-state index contributed by atoms with van der Waals surface area (Å²) in [5, 5.41) is 2.82. The molecule has 0 aliphatic heterocycles. The second-order valence-electron chi connectivity index (χ2n) is 5.65. The third-order valence-corrected chi connectivity index (χ3v) is 3.98.